The van der Waals surface area contributed by atoms with E-state index >= 15 is 0 Å². The maximum atomic E-state index is 12.1. The number of nitrogens with zero attached hydrogens (tertiary/aromatic N) is 3. The van der Waals surface area contributed by atoms with Crippen LogP contribution in [0.1, 0.15) is 32.3 Å². The zero-order chi connectivity index (χ0) is 16.3. The first-order valence-electron chi connectivity index (χ1n) is 7.42. The number of hydrogen-bond donors (Lipinski definition) is 0. The molecule has 0 spiro atoms. The molecule has 0 unspecified atom stereocenters. The fourth-order valence-corrected chi connectivity index (χ4v) is 3.35. The third-order valence-electron chi connectivity index (χ3n) is 3.50. The normalized spacial score (nSPS) is 12.5. The molecule has 0 saturated carbocycles. The summed E-state index contributed by atoms with van der Waals surface area (Å²) in [5.74, 6) is 0.522. The van der Waals surface area contributed by atoms with Crippen molar-refractivity contribution in [1.82, 2.24) is 14.5 Å². The first-order valence-corrected chi connectivity index (χ1v) is 8.30. The molecule has 0 bridgehead atoms. The van der Waals surface area contributed by atoms with Crippen LogP contribution in [0.5, 0.6) is 0 Å². The maximum absolute atomic E-state index is 12.1. The minimum atomic E-state index is -0.164. The number of aromatic nitrogens is 2. The lowest BCUT2D eigenvalue weighted by Gasteiger charge is -2.18. The van der Waals surface area contributed by atoms with Gasteiger partial charge in [-0.15, -0.1) is 0 Å². The average molecular weight is 317 g/mol. The summed E-state index contributed by atoms with van der Waals surface area (Å²) in [7, 11) is 3.56. The van der Waals surface area contributed by atoms with E-state index < -0.39 is 0 Å². The van der Waals surface area contributed by atoms with Crippen molar-refractivity contribution < 1.29 is 4.79 Å². The van der Waals surface area contributed by atoms with Crippen molar-refractivity contribution in [2.75, 3.05) is 14.1 Å². The van der Waals surface area contributed by atoms with Gasteiger partial charge in [-0.2, -0.15) is 0 Å². The molecule has 0 aliphatic rings. The van der Waals surface area contributed by atoms with Crippen LogP contribution < -0.4 is 0 Å². The number of carbonyl (C=O) groups excluding carboxylic acids is 1. The molecule has 2 aromatic rings. The molecular weight excluding hydrogens is 294 g/mol. The lowest BCUT2D eigenvalue weighted by atomic mass is 10.0. The van der Waals surface area contributed by atoms with E-state index in [1.54, 1.807) is 25.2 Å². The number of para-hydroxylation sites is 1. The highest BCUT2D eigenvalue weighted by Gasteiger charge is 2.20. The highest BCUT2D eigenvalue weighted by atomic mass is 32.2. The van der Waals surface area contributed by atoms with Crippen molar-refractivity contribution in [3.63, 3.8) is 0 Å². The van der Waals surface area contributed by atoms with Crippen molar-refractivity contribution in [2.45, 2.75) is 37.1 Å². The van der Waals surface area contributed by atoms with Gasteiger partial charge in [0, 0.05) is 26.5 Å². The molecule has 1 heterocycles. The molecular formula is C17H23N3OS. The van der Waals surface area contributed by atoms with E-state index in [4.69, 9.17) is 0 Å². The van der Waals surface area contributed by atoms with Gasteiger partial charge in [0.2, 0.25) is 5.91 Å². The monoisotopic (exact) mass is 317 g/mol. The SMILES string of the molecule is CC(C)c1ccccc1-n1ccnc1S[C@@H](C)C(=O)N(C)C. The summed E-state index contributed by atoms with van der Waals surface area (Å²) in [6.07, 6.45) is 3.74. The van der Waals surface area contributed by atoms with Gasteiger partial charge in [0.25, 0.3) is 0 Å². The summed E-state index contributed by atoms with van der Waals surface area (Å²) in [4.78, 5) is 18.1. The first-order chi connectivity index (χ1) is 10.4. The second-order valence-electron chi connectivity index (χ2n) is 5.79. The van der Waals surface area contributed by atoms with Gasteiger partial charge in [-0.1, -0.05) is 43.8 Å². The van der Waals surface area contributed by atoms with Crippen molar-refractivity contribution >= 4 is 17.7 Å². The molecule has 0 fully saturated rings. The Kier molecular flexibility index (Phi) is 5.29. The Morgan fingerprint density at radius 3 is 2.55 bits per heavy atom. The number of benzene rings is 1. The largest absolute Gasteiger partial charge is 0.348 e. The molecule has 2 rings (SSSR count). The maximum Gasteiger partial charge on any atom is 0.235 e. The molecule has 22 heavy (non-hydrogen) atoms. The number of rotatable bonds is 5. The van der Waals surface area contributed by atoms with E-state index in [-0.39, 0.29) is 11.2 Å². The van der Waals surface area contributed by atoms with Crippen LogP contribution in [-0.4, -0.2) is 39.7 Å². The fourth-order valence-electron chi connectivity index (χ4n) is 2.33. The minimum absolute atomic E-state index is 0.0942. The van der Waals surface area contributed by atoms with Gasteiger partial charge in [0.05, 0.1) is 10.9 Å². The lowest BCUT2D eigenvalue weighted by molar-refractivity contribution is -0.127. The Bertz CT molecular complexity index is 649. The van der Waals surface area contributed by atoms with Crippen molar-refractivity contribution in [2.24, 2.45) is 0 Å². The Morgan fingerprint density at radius 2 is 1.91 bits per heavy atom. The van der Waals surface area contributed by atoms with Crippen LogP contribution in [0.15, 0.2) is 41.8 Å². The van der Waals surface area contributed by atoms with Gasteiger partial charge in [0.1, 0.15) is 0 Å². The molecule has 1 atom stereocenters. The van der Waals surface area contributed by atoms with E-state index in [1.807, 2.05) is 19.2 Å². The molecule has 0 N–H and O–H groups in total. The third kappa shape index (κ3) is 3.53. The summed E-state index contributed by atoms with van der Waals surface area (Å²) >= 11 is 1.49. The van der Waals surface area contributed by atoms with Gasteiger partial charge < -0.3 is 4.90 Å². The van der Waals surface area contributed by atoms with Crippen LogP contribution in [0.25, 0.3) is 5.69 Å². The van der Waals surface area contributed by atoms with Crippen LogP contribution in [0.3, 0.4) is 0 Å². The topological polar surface area (TPSA) is 38.1 Å². The van der Waals surface area contributed by atoms with Gasteiger partial charge in [-0.25, -0.2) is 4.98 Å². The lowest BCUT2D eigenvalue weighted by Crippen LogP contribution is -2.29. The Morgan fingerprint density at radius 1 is 1.23 bits per heavy atom. The molecule has 118 valence electrons. The fraction of sp³-hybridized carbons (Fsp3) is 0.412. The van der Waals surface area contributed by atoms with E-state index in [9.17, 15) is 4.79 Å². The number of thioether (sulfide) groups is 1. The molecule has 5 heteroatoms. The minimum Gasteiger partial charge on any atom is -0.348 e. The average Bonchev–Trinajstić information content (AvgIpc) is 2.94. The molecule has 1 amide bonds. The van der Waals surface area contributed by atoms with Gasteiger partial charge in [-0.05, 0) is 24.5 Å². The van der Waals surface area contributed by atoms with Gasteiger partial charge in [0.15, 0.2) is 5.16 Å². The van der Waals surface area contributed by atoms with Crippen LogP contribution in [0, 0.1) is 0 Å². The number of amides is 1. The molecule has 0 radical (unpaired) electrons. The summed E-state index contributed by atoms with van der Waals surface area (Å²) in [5.41, 5.74) is 2.40. The molecule has 1 aromatic carbocycles. The molecule has 0 saturated heterocycles. The highest BCUT2D eigenvalue weighted by molar-refractivity contribution is 8.00. The van der Waals surface area contributed by atoms with Gasteiger partial charge >= 0.3 is 0 Å². The summed E-state index contributed by atoms with van der Waals surface area (Å²) in [5, 5.41) is 0.679. The van der Waals surface area contributed by atoms with E-state index in [0.717, 1.165) is 10.8 Å². The predicted molar refractivity (Wildman–Crippen MR) is 91.7 cm³/mol. The predicted octanol–water partition coefficient (Wildman–Crippen LogP) is 3.56. The number of carbonyl (C=O) groups is 1. The van der Waals surface area contributed by atoms with Gasteiger partial charge in [-0.3, -0.25) is 9.36 Å². The molecule has 0 aliphatic carbocycles. The van der Waals surface area contributed by atoms with E-state index in [2.05, 4.69) is 41.6 Å². The summed E-state index contributed by atoms with van der Waals surface area (Å²) in [6.45, 7) is 6.28. The summed E-state index contributed by atoms with van der Waals surface area (Å²) in [6, 6.07) is 8.33. The zero-order valence-electron chi connectivity index (χ0n) is 13.8. The standard InChI is InChI=1S/C17H23N3OS/c1-12(2)14-8-6-7-9-15(14)20-11-10-18-17(20)22-13(3)16(21)19(4)5/h6-13H,1-5H3/t13-/m0/s1. The van der Waals surface area contributed by atoms with Crippen LogP contribution in [-0.2, 0) is 4.79 Å². The third-order valence-corrected chi connectivity index (χ3v) is 4.56. The van der Waals surface area contributed by atoms with Crippen LogP contribution in [0.2, 0.25) is 0 Å². The van der Waals surface area contributed by atoms with E-state index in [1.165, 1.54) is 17.3 Å². The number of hydrogen-bond acceptors (Lipinski definition) is 3. The van der Waals surface area contributed by atoms with Crippen molar-refractivity contribution in [3.8, 4) is 5.69 Å². The van der Waals surface area contributed by atoms with Crippen molar-refractivity contribution in [1.29, 1.82) is 0 Å². The Balaban J connectivity index is 2.33. The van der Waals surface area contributed by atoms with Crippen LogP contribution in [0.4, 0.5) is 0 Å². The molecule has 0 aliphatic heterocycles. The Hall–Kier alpha value is -1.75. The molecule has 1 aromatic heterocycles. The van der Waals surface area contributed by atoms with Crippen molar-refractivity contribution in [3.05, 3.63) is 42.2 Å². The van der Waals surface area contributed by atoms with E-state index in [0.29, 0.717) is 5.92 Å². The molecule has 4 nitrogen and oxygen atoms in total. The highest BCUT2D eigenvalue weighted by Crippen LogP contribution is 2.29. The van der Waals surface area contributed by atoms with Crippen LogP contribution >= 0.6 is 11.8 Å². The second-order valence-corrected chi connectivity index (χ2v) is 7.09. The summed E-state index contributed by atoms with van der Waals surface area (Å²) < 4.78 is 2.07. The number of imidazole rings is 1. The Labute approximate surface area is 136 Å². The zero-order valence-corrected chi connectivity index (χ0v) is 14.6. The smallest absolute Gasteiger partial charge is 0.235 e. The first kappa shape index (κ1) is 16.6. The quantitative estimate of drug-likeness (QED) is 0.791. The second kappa shape index (κ2) is 7.01.